The van der Waals surface area contributed by atoms with Crippen LogP contribution >= 0.6 is 0 Å². The zero-order valence-corrected chi connectivity index (χ0v) is 8.95. The van der Waals surface area contributed by atoms with Crippen LogP contribution in [0.15, 0.2) is 0 Å². The maximum absolute atomic E-state index is 12.5. The Morgan fingerprint density at radius 3 is 2.41 bits per heavy atom. The number of aromatic nitrogens is 2. The molecule has 1 rings (SSSR count). The van der Waals surface area contributed by atoms with Crippen molar-refractivity contribution in [3.63, 3.8) is 0 Å². The number of carbonyl (C=O) groups is 1. The minimum Gasteiger partial charge on any atom is -0.476 e. The maximum atomic E-state index is 12.5. The van der Waals surface area contributed by atoms with Crippen molar-refractivity contribution in [1.82, 2.24) is 9.71 Å². The number of unbranched alkanes of at least 4 members (excludes halogenated alkanes) is 1. The van der Waals surface area contributed by atoms with E-state index in [9.17, 15) is 23.2 Å². The van der Waals surface area contributed by atoms with Gasteiger partial charge in [0.15, 0.2) is 11.4 Å². The Kier molecular flexibility index (Phi) is 3.64. The summed E-state index contributed by atoms with van der Waals surface area (Å²) in [7, 11) is 0. The van der Waals surface area contributed by atoms with Crippen molar-refractivity contribution in [2.75, 3.05) is 0 Å². The molecule has 0 unspecified atom stereocenters. The topological polar surface area (TPSA) is 75.3 Å². The highest BCUT2D eigenvalue weighted by Crippen LogP contribution is 2.31. The number of aryl methyl sites for hydroxylation is 1. The number of nitrogens with zero attached hydrogens (tertiary/aromatic N) is 2. The van der Waals surface area contributed by atoms with E-state index in [1.54, 1.807) is 0 Å². The lowest BCUT2D eigenvalue weighted by Crippen LogP contribution is -2.15. The monoisotopic (exact) mass is 252 g/mol. The number of imidazole rings is 1. The number of carboxylic acids is 1. The van der Waals surface area contributed by atoms with Gasteiger partial charge >= 0.3 is 12.1 Å². The largest absolute Gasteiger partial charge is 0.476 e. The molecule has 0 spiro atoms. The summed E-state index contributed by atoms with van der Waals surface area (Å²) in [6, 6.07) is 0. The third-order valence-electron chi connectivity index (χ3n) is 2.15. The third-order valence-corrected chi connectivity index (χ3v) is 2.15. The van der Waals surface area contributed by atoms with E-state index in [1.165, 1.54) is 0 Å². The Morgan fingerprint density at radius 2 is 2.06 bits per heavy atom. The smallest absolute Gasteiger partial charge is 0.435 e. The molecule has 0 aliphatic rings. The molecule has 0 aromatic carbocycles. The molecular formula is C9H11F3N2O3. The summed E-state index contributed by atoms with van der Waals surface area (Å²) >= 11 is 0. The molecule has 0 aliphatic heterocycles. The number of hydrogen-bond acceptors (Lipinski definition) is 3. The van der Waals surface area contributed by atoms with Gasteiger partial charge in [0.05, 0.1) is 0 Å². The summed E-state index contributed by atoms with van der Waals surface area (Å²) in [6.45, 7) is 1.81. The third kappa shape index (κ3) is 2.69. The van der Waals surface area contributed by atoms with Crippen LogP contribution in [0, 0.1) is 0 Å². The quantitative estimate of drug-likeness (QED) is 0.805. The zero-order chi connectivity index (χ0) is 13.2. The highest BCUT2D eigenvalue weighted by atomic mass is 19.4. The van der Waals surface area contributed by atoms with Gasteiger partial charge in [-0.25, -0.2) is 9.78 Å². The molecule has 0 atom stereocenters. The molecule has 0 aliphatic carbocycles. The first-order valence-electron chi connectivity index (χ1n) is 4.90. The molecule has 5 nitrogen and oxygen atoms in total. The van der Waals surface area contributed by atoms with Gasteiger partial charge in [-0.3, -0.25) is 0 Å². The van der Waals surface area contributed by atoms with Crippen LogP contribution in [-0.4, -0.2) is 26.0 Å². The van der Waals surface area contributed by atoms with Crippen molar-refractivity contribution in [2.24, 2.45) is 0 Å². The number of halogens is 3. The van der Waals surface area contributed by atoms with Crippen molar-refractivity contribution in [3.8, 4) is 0 Å². The summed E-state index contributed by atoms with van der Waals surface area (Å²) in [5, 5.41) is 18.0. The average Bonchev–Trinajstić information content (AvgIpc) is 2.52. The van der Waals surface area contributed by atoms with E-state index in [-0.39, 0.29) is 17.0 Å². The minimum atomic E-state index is -4.90. The SMILES string of the molecule is CCCCc1nc(C(F)(F)F)c(C(=O)O)n1O. The van der Waals surface area contributed by atoms with Gasteiger partial charge in [-0.2, -0.15) is 17.9 Å². The Balaban J connectivity index is 3.25. The summed E-state index contributed by atoms with van der Waals surface area (Å²) in [5.41, 5.74) is -2.82. The predicted octanol–water partition coefficient (Wildman–Crippen LogP) is 2.18. The van der Waals surface area contributed by atoms with Crippen molar-refractivity contribution in [1.29, 1.82) is 0 Å². The Bertz CT molecular complexity index is 426. The molecule has 96 valence electrons. The van der Waals surface area contributed by atoms with E-state index in [1.807, 2.05) is 6.92 Å². The lowest BCUT2D eigenvalue weighted by molar-refractivity contribution is -0.141. The molecule has 2 N–H and O–H groups in total. The standard InChI is InChI=1S/C9H11F3N2O3/c1-2-3-4-5-13-7(9(10,11)12)6(8(15)16)14(5)17/h17H,2-4H2,1H3,(H,15,16). The predicted molar refractivity (Wildman–Crippen MR) is 50.0 cm³/mol. The molecule has 8 heteroatoms. The second-order valence-electron chi connectivity index (χ2n) is 3.44. The van der Waals surface area contributed by atoms with Crippen molar-refractivity contribution in [2.45, 2.75) is 32.4 Å². The van der Waals surface area contributed by atoms with Gasteiger partial charge < -0.3 is 10.3 Å². The molecule has 0 bridgehead atoms. The molecule has 1 aromatic rings. The van der Waals surface area contributed by atoms with Crippen LogP contribution in [0.4, 0.5) is 13.2 Å². The molecular weight excluding hydrogens is 241 g/mol. The van der Waals surface area contributed by atoms with Crippen molar-refractivity contribution < 1.29 is 28.3 Å². The fraction of sp³-hybridized carbons (Fsp3) is 0.556. The molecule has 0 saturated heterocycles. The summed E-state index contributed by atoms with van der Waals surface area (Å²) < 4.78 is 37.4. The number of rotatable bonds is 4. The van der Waals surface area contributed by atoms with E-state index in [0.717, 1.165) is 0 Å². The highest BCUT2D eigenvalue weighted by molar-refractivity contribution is 5.87. The molecule has 1 heterocycles. The first-order chi connectivity index (χ1) is 7.79. The van der Waals surface area contributed by atoms with Gasteiger partial charge in [0.2, 0.25) is 0 Å². The molecule has 0 saturated carbocycles. The second-order valence-corrected chi connectivity index (χ2v) is 3.44. The van der Waals surface area contributed by atoms with E-state index < -0.39 is 23.5 Å². The highest BCUT2D eigenvalue weighted by Gasteiger charge is 2.41. The molecule has 17 heavy (non-hydrogen) atoms. The van der Waals surface area contributed by atoms with Crippen molar-refractivity contribution in [3.05, 3.63) is 17.2 Å². The number of carboxylic acid groups (broad SMARTS) is 1. The van der Waals surface area contributed by atoms with E-state index in [4.69, 9.17) is 5.11 Å². The van der Waals surface area contributed by atoms with Crippen molar-refractivity contribution >= 4 is 5.97 Å². The van der Waals surface area contributed by atoms with E-state index in [0.29, 0.717) is 12.8 Å². The minimum absolute atomic E-state index is 0.000810. The van der Waals surface area contributed by atoms with Gasteiger partial charge in [-0.05, 0) is 6.42 Å². The van der Waals surface area contributed by atoms with Crippen LogP contribution in [0.2, 0.25) is 0 Å². The van der Waals surface area contributed by atoms with Crippen LogP contribution in [0.1, 0.15) is 41.8 Å². The van der Waals surface area contributed by atoms with Gasteiger partial charge in [-0.15, -0.1) is 0 Å². The number of aromatic carboxylic acids is 1. The maximum Gasteiger partial charge on any atom is 0.435 e. The van der Waals surface area contributed by atoms with Gasteiger partial charge in [0, 0.05) is 6.42 Å². The van der Waals surface area contributed by atoms with Crippen LogP contribution in [0.25, 0.3) is 0 Å². The average molecular weight is 252 g/mol. The zero-order valence-electron chi connectivity index (χ0n) is 8.95. The Hall–Kier alpha value is -1.73. The lowest BCUT2D eigenvalue weighted by Gasteiger charge is -2.03. The number of hydrogen-bond donors (Lipinski definition) is 2. The fourth-order valence-corrected chi connectivity index (χ4v) is 1.34. The summed E-state index contributed by atoms with van der Waals surface area (Å²) in [5.74, 6) is -2.16. The first-order valence-corrected chi connectivity index (χ1v) is 4.90. The molecule has 1 aromatic heterocycles. The molecule has 0 amide bonds. The molecule has 0 fully saturated rings. The second kappa shape index (κ2) is 4.64. The summed E-state index contributed by atoms with van der Waals surface area (Å²) in [4.78, 5) is 13.8. The van der Waals surface area contributed by atoms with Crippen LogP contribution in [0.3, 0.4) is 0 Å². The fourth-order valence-electron chi connectivity index (χ4n) is 1.34. The van der Waals surface area contributed by atoms with E-state index >= 15 is 0 Å². The normalized spacial score (nSPS) is 11.8. The molecule has 0 radical (unpaired) electrons. The van der Waals surface area contributed by atoms with Crippen LogP contribution < -0.4 is 0 Å². The first kappa shape index (κ1) is 13.3. The van der Waals surface area contributed by atoms with Gasteiger partial charge in [0.1, 0.15) is 5.82 Å². The Morgan fingerprint density at radius 1 is 1.47 bits per heavy atom. The van der Waals surface area contributed by atoms with Gasteiger partial charge in [-0.1, -0.05) is 13.3 Å². The van der Waals surface area contributed by atoms with Crippen LogP contribution in [0.5, 0.6) is 0 Å². The summed E-state index contributed by atoms with van der Waals surface area (Å²) in [6.07, 6.45) is -3.61. The van der Waals surface area contributed by atoms with Crippen LogP contribution in [-0.2, 0) is 12.6 Å². The number of alkyl halides is 3. The Labute approximate surface area is 94.5 Å². The van der Waals surface area contributed by atoms with E-state index in [2.05, 4.69) is 4.98 Å². The van der Waals surface area contributed by atoms with Gasteiger partial charge in [0.25, 0.3) is 0 Å². The lowest BCUT2D eigenvalue weighted by atomic mass is 10.2.